The predicted molar refractivity (Wildman–Crippen MR) is 138 cm³/mol. The Morgan fingerprint density at radius 3 is 2.16 bits per heavy atom. The summed E-state index contributed by atoms with van der Waals surface area (Å²) in [6, 6.07) is 20.1. The summed E-state index contributed by atoms with van der Waals surface area (Å²) in [4.78, 5) is 2.36. The summed E-state index contributed by atoms with van der Waals surface area (Å²) in [6.45, 7) is 17.1. The minimum absolute atomic E-state index is 0.938. The Balaban J connectivity index is 2.11. The van der Waals surface area contributed by atoms with E-state index < -0.39 is 0 Å². The van der Waals surface area contributed by atoms with E-state index in [0.29, 0.717) is 0 Å². The highest BCUT2D eigenvalue weighted by Gasteiger charge is 2.20. The molecule has 32 heavy (non-hydrogen) atoms. The van der Waals surface area contributed by atoms with Crippen LogP contribution in [0.2, 0.25) is 0 Å². The minimum atomic E-state index is 0.938. The van der Waals surface area contributed by atoms with Gasteiger partial charge < -0.3 is 9.32 Å². The number of aryl methyl sites for hydroxylation is 2. The lowest BCUT2D eigenvalue weighted by Crippen LogP contribution is -2.29. The van der Waals surface area contributed by atoms with Crippen LogP contribution in [0.15, 0.2) is 59.0 Å². The van der Waals surface area contributed by atoms with E-state index in [9.17, 15) is 0 Å². The Bertz CT molecular complexity index is 1290. The van der Waals surface area contributed by atoms with Crippen molar-refractivity contribution in [1.29, 1.82) is 0 Å². The molecule has 0 spiro atoms. The Hall–Kier alpha value is -3.07. The van der Waals surface area contributed by atoms with Crippen LogP contribution in [-0.2, 0) is 0 Å². The molecule has 0 aromatic heterocycles. The van der Waals surface area contributed by atoms with Gasteiger partial charge in [0.15, 0.2) is 0 Å². The zero-order chi connectivity index (χ0) is 22.8. The normalized spacial score (nSPS) is 11.3. The van der Waals surface area contributed by atoms with Crippen LogP contribution in [0.3, 0.4) is 0 Å². The maximum Gasteiger partial charge on any atom is 0.203 e. The summed E-state index contributed by atoms with van der Waals surface area (Å²) in [5.74, 6) is 0.938. The van der Waals surface area contributed by atoms with Crippen LogP contribution in [0, 0.1) is 13.8 Å². The zero-order valence-corrected chi connectivity index (χ0v) is 20.3. The summed E-state index contributed by atoms with van der Waals surface area (Å²) in [5.41, 5.74) is 8.41. The van der Waals surface area contributed by atoms with Crippen LogP contribution in [0.5, 0.6) is 0 Å². The highest BCUT2D eigenvalue weighted by Crippen LogP contribution is 2.42. The van der Waals surface area contributed by atoms with E-state index >= 15 is 0 Å². The third kappa shape index (κ3) is 3.92. The summed E-state index contributed by atoms with van der Waals surface area (Å²) in [5, 5.41) is 2.37. The smallest absolute Gasteiger partial charge is 0.203 e. The molecule has 1 heterocycles. The number of anilines is 1. The molecule has 0 unspecified atom stereocenters. The fraction of sp³-hybridized carbons (Fsp3) is 0.345. The van der Waals surface area contributed by atoms with Crippen LogP contribution in [0.25, 0.3) is 33.4 Å². The fourth-order valence-corrected chi connectivity index (χ4v) is 4.82. The maximum atomic E-state index is 6.58. The van der Waals surface area contributed by atoms with Gasteiger partial charge in [-0.1, -0.05) is 23.8 Å². The molecule has 1 aliphatic heterocycles. The average molecular weight is 428 g/mol. The molecule has 2 aliphatic rings. The molecule has 0 saturated heterocycles. The molecule has 0 amide bonds. The number of fused-ring (bicyclic) bond motifs is 2. The molecule has 2 aromatic rings. The second-order valence-electron chi connectivity index (χ2n) is 8.50. The van der Waals surface area contributed by atoms with Crippen molar-refractivity contribution < 1.29 is 4.42 Å². The number of benzene rings is 3. The van der Waals surface area contributed by atoms with Crippen molar-refractivity contribution in [2.75, 3.05) is 31.1 Å². The van der Waals surface area contributed by atoms with E-state index in [1.54, 1.807) is 0 Å². The van der Waals surface area contributed by atoms with E-state index in [0.717, 1.165) is 48.5 Å². The van der Waals surface area contributed by atoms with Gasteiger partial charge in [0.2, 0.25) is 5.36 Å². The molecule has 3 heteroatoms. The number of rotatable bonds is 6. The van der Waals surface area contributed by atoms with Crippen LogP contribution < -0.4 is 14.8 Å². The maximum absolute atomic E-state index is 6.58. The van der Waals surface area contributed by atoms with Gasteiger partial charge in [0.05, 0.1) is 6.07 Å². The molecule has 4 rings (SSSR count). The Morgan fingerprint density at radius 2 is 1.50 bits per heavy atom. The molecule has 0 bridgehead atoms. The first-order valence-corrected chi connectivity index (χ1v) is 11.9. The highest BCUT2D eigenvalue weighted by molar-refractivity contribution is 6.03. The SMILES string of the molecule is CCN(CC)c1ccc2c(-c3ccc(C)cc3C)c3ccc(=[N+](CC)CC)cc-3oc2c1. The first-order valence-electron chi connectivity index (χ1n) is 11.9. The van der Waals surface area contributed by atoms with Crippen molar-refractivity contribution in [3.8, 4) is 22.5 Å². The zero-order valence-electron chi connectivity index (χ0n) is 20.3. The van der Waals surface area contributed by atoms with Gasteiger partial charge in [0, 0.05) is 47.4 Å². The topological polar surface area (TPSA) is 19.4 Å². The molecule has 2 aromatic carbocycles. The summed E-state index contributed by atoms with van der Waals surface area (Å²) in [7, 11) is 0. The van der Waals surface area contributed by atoms with E-state index in [-0.39, 0.29) is 0 Å². The van der Waals surface area contributed by atoms with Crippen molar-refractivity contribution in [2.24, 2.45) is 0 Å². The third-order valence-corrected chi connectivity index (χ3v) is 6.60. The lowest BCUT2D eigenvalue weighted by atomic mass is 9.90. The van der Waals surface area contributed by atoms with E-state index in [2.05, 4.69) is 106 Å². The second-order valence-corrected chi connectivity index (χ2v) is 8.50. The van der Waals surface area contributed by atoms with Crippen molar-refractivity contribution in [2.45, 2.75) is 41.5 Å². The molecular formula is C29H35N2O+. The Morgan fingerprint density at radius 1 is 0.781 bits per heavy atom. The minimum Gasteiger partial charge on any atom is -0.456 e. The van der Waals surface area contributed by atoms with E-state index in [1.165, 1.54) is 33.3 Å². The van der Waals surface area contributed by atoms with Crippen LogP contribution in [-0.4, -0.2) is 26.2 Å². The molecule has 0 radical (unpaired) electrons. The molecular weight excluding hydrogens is 392 g/mol. The summed E-state index contributed by atoms with van der Waals surface area (Å²) >= 11 is 0. The highest BCUT2D eigenvalue weighted by atomic mass is 16.3. The van der Waals surface area contributed by atoms with Crippen LogP contribution in [0.4, 0.5) is 5.69 Å². The lowest BCUT2D eigenvalue weighted by Gasteiger charge is -2.22. The lowest BCUT2D eigenvalue weighted by molar-refractivity contribution is 0.604. The number of nitrogens with zero attached hydrogens (tertiary/aromatic N) is 2. The molecule has 0 atom stereocenters. The molecule has 3 nitrogen and oxygen atoms in total. The molecule has 0 saturated carbocycles. The largest absolute Gasteiger partial charge is 0.456 e. The van der Waals surface area contributed by atoms with Crippen molar-refractivity contribution >= 4 is 16.7 Å². The molecule has 0 N–H and O–H groups in total. The summed E-state index contributed by atoms with van der Waals surface area (Å²) in [6.07, 6.45) is 0. The second kappa shape index (κ2) is 9.20. The first kappa shape index (κ1) is 22.1. The van der Waals surface area contributed by atoms with Crippen molar-refractivity contribution in [3.63, 3.8) is 0 Å². The van der Waals surface area contributed by atoms with E-state index in [1.807, 2.05) is 0 Å². The van der Waals surface area contributed by atoms with Gasteiger partial charge in [-0.2, -0.15) is 0 Å². The number of hydrogen-bond acceptors (Lipinski definition) is 2. The predicted octanol–water partition coefficient (Wildman–Crippen LogP) is 6.48. The summed E-state index contributed by atoms with van der Waals surface area (Å²) < 4.78 is 8.94. The van der Waals surface area contributed by atoms with Gasteiger partial charge in [0.25, 0.3) is 0 Å². The van der Waals surface area contributed by atoms with Gasteiger partial charge in [-0.3, -0.25) is 0 Å². The molecule has 166 valence electrons. The van der Waals surface area contributed by atoms with Gasteiger partial charge in [-0.15, -0.1) is 0 Å². The molecule has 1 aliphatic carbocycles. The van der Waals surface area contributed by atoms with Crippen LogP contribution >= 0.6 is 0 Å². The third-order valence-electron chi connectivity index (χ3n) is 6.60. The molecule has 0 fully saturated rings. The van der Waals surface area contributed by atoms with E-state index in [4.69, 9.17) is 4.42 Å². The number of hydrogen-bond donors (Lipinski definition) is 0. The first-order chi connectivity index (χ1) is 15.5. The van der Waals surface area contributed by atoms with Gasteiger partial charge in [-0.25, -0.2) is 4.58 Å². The monoisotopic (exact) mass is 427 g/mol. The van der Waals surface area contributed by atoms with Gasteiger partial charge >= 0.3 is 0 Å². The Kier molecular flexibility index (Phi) is 6.36. The van der Waals surface area contributed by atoms with Crippen molar-refractivity contribution in [1.82, 2.24) is 4.58 Å². The fourth-order valence-electron chi connectivity index (χ4n) is 4.82. The Labute approximate surface area is 192 Å². The van der Waals surface area contributed by atoms with Gasteiger partial charge in [0.1, 0.15) is 24.4 Å². The standard InChI is InChI=1S/C29H35N2O/c1-7-30(8-2)22-12-15-25-27(18-22)32-28-19-23(31(9-3)10-4)13-16-26(28)29(25)24-14-11-20(5)17-21(24)6/h11-19H,7-10H2,1-6H3/q+1. The average Bonchev–Trinajstić information content (AvgIpc) is 2.79. The van der Waals surface area contributed by atoms with Crippen molar-refractivity contribution in [3.05, 3.63) is 71.1 Å². The van der Waals surface area contributed by atoms with Crippen LogP contribution in [0.1, 0.15) is 38.8 Å². The van der Waals surface area contributed by atoms with Gasteiger partial charge in [-0.05, 0) is 70.9 Å². The quantitative estimate of drug-likeness (QED) is 0.259.